The van der Waals surface area contributed by atoms with Gasteiger partial charge < -0.3 is 4.74 Å². The fraction of sp³-hybridized carbons (Fsp3) is 0.429. The molecule has 1 nitrogen and oxygen atoms in total. The van der Waals surface area contributed by atoms with E-state index in [1.165, 1.54) is 56.1 Å². The summed E-state index contributed by atoms with van der Waals surface area (Å²) in [6, 6.07) is 14.8. The van der Waals surface area contributed by atoms with Crippen LogP contribution in [0, 0.1) is 0 Å². The van der Waals surface area contributed by atoms with Crippen molar-refractivity contribution in [1.29, 1.82) is 0 Å². The van der Waals surface area contributed by atoms with Crippen molar-refractivity contribution in [2.24, 2.45) is 0 Å². The molecule has 2 aromatic carbocycles. The molecule has 0 saturated carbocycles. The maximum Gasteiger partial charge on any atom is 0.137 e. The van der Waals surface area contributed by atoms with Crippen molar-refractivity contribution in [3.63, 3.8) is 0 Å². The highest BCUT2D eigenvalue weighted by molar-refractivity contribution is 6.32. The first-order valence-corrected chi connectivity index (χ1v) is 9.05. The number of rotatable bonds is 9. The van der Waals surface area contributed by atoms with Crippen LogP contribution in [-0.4, -0.2) is 7.11 Å². The molecule has 0 N–H and O–H groups in total. The molecule has 2 aromatic rings. The lowest BCUT2D eigenvalue weighted by Crippen LogP contribution is -1.88. The van der Waals surface area contributed by atoms with Crippen molar-refractivity contribution < 1.29 is 4.74 Å². The molecule has 0 aliphatic heterocycles. The molecule has 0 saturated heterocycles. The molecule has 0 radical (unpaired) electrons. The molecular formula is C21H27ClO. The Bertz CT molecular complexity index is 589. The minimum Gasteiger partial charge on any atom is -0.495 e. The summed E-state index contributed by atoms with van der Waals surface area (Å²) in [5.74, 6) is 0.718. The first kappa shape index (κ1) is 17.9. The van der Waals surface area contributed by atoms with E-state index in [4.69, 9.17) is 16.3 Å². The molecule has 124 valence electrons. The molecule has 0 aliphatic carbocycles. The summed E-state index contributed by atoms with van der Waals surface area (Å²) in [7, 11) is 1.64. The maximum absolute atomic E-state index is 6.21. The lowest BCUT2D eigenvalue weighted by molar-refractivity contribution is 0.415. The van der Waals surface area contributed by atoms with E-state index >= 15 is 0 Å². The molecule has 0 amide bonds. The molecule has 23 heavy (non-hydrogen) atoms. The van der Waals surface area contributed by atoms with Gasteiger partial charge in [-0.2, -0.15) is 0 Å². The summed E-state index contributed by atoms with van der Waals surface area (Å²) in [4.78, 5) is 0. The lowest BCUT2D eigenvalue weighted by Gasteiger charge is -2.08. The van der Waals surface area contributed by atoms with Crippen molar-refractivity contribution in [1.82, 2.24) is 0 Å². The summed E-state index contributed by atoms with van der Waals surface area (Å²) >= 11 is 6.21. The monoisotopic (exact) mass is 330 g/mol. The van der Waals surface area contributed by atoms with Crippen molar-refractivity contribution in [2.45, 2.75) is 51.9 Å². The second-order valence-corrected chi connectivity index (χ2v) is 6.47. The molecule has 0 atom stereocenters. The van der Waals surface area contributed by atoms with Crippen LogP contribution in [0.3, 0.4) is 0 Å². The molecule has 0 spiro atoms. The van der Waals surface area contributed by atoms with E-state index < -0.39 is 0 Å². The van der Waals surface area contributed by atoms with E-state index in [0.29, 0.717) is 5.02 Å². The van der Waals surface area contributed by atoms with Gasteiger partial charge in [0.2, 0.25) is 0 Å². The van der Waals surface area contributed by atoms with Gasteiger partial charge >= 0.3 is 0 Å². The van der Waals surface area contributed by atoms with Gasteiger partial charge in [-0.05, 0) is 41.7 Å². The van der Waals surface area contributed by atoms with Gasteiger partial charge in [0.25, 0.3) is 0 Å². The first-order chi connectivity index (χ1) is 11.2. The van der Waals surface area contributed by atoms with Gasteiger partial charge in [-0.3, -0.25) is 0 Å². The van der Waals surface area contributed by atoms with Gasteiger partial charge in [0.05, 0.1) is 12.1 Å². The highest BCUT2D eigenvalue weighted by Crippen LogP contribution is 2.30. The van der Waals surface area contributed by atoms with Crippen LogP contribution in [0.1, 0.15) is 51.0 Å². The molecule has 0 unspecified atom stereocenters. The Hall–Kier alpha value is -1.47. The minimum atomic E-state index is 0.654. The molecular weight excluding hydrogens is 304 g/mol. The second kappa shape index (κ2) is 9.62. The van der Waals surface area contributed by atoms with Gasteiger partial charge in [-0.15, -0.1) is 0 Å². The summed E-state index contributed by atoms with van der Waals surface area (Å²) in [5, 5.41) is 0.654. The number of hydrogen-bond acceptors (Lipinski definition) is 1. The zero-order chi connectivity index (χ0) is 16.5. The van der Waals surface area contributed by atoms with Crippen LogP contribution in [0.4, 0.5) is 0 Å². The normalized spacial score (nSPS) is 10.7. The molecule has 0 heterocycles. The van der Waals surface area contributed by atoms with E-state index in [1.54, 1.807) is 7.11 Å². The van der Waals surface area contributed by atoms with Gasteiger partial charge in [-0.25, -0.2) is 0 Å². The van der Waals surface area contributed by atoms with Crippen LogP contribution < -0.4 is 4.74 Å². The van der Waals surface area contributed by atoms with Crippen LogP contribution in [0.25, 0.3) is 11.1 Å². The van der Waals surface area contributed by atoms with E-state index in [2.05, 4.69) is 31.2 Å². The molecule has 0 aliphatic rings. The zero-order valence-corrected chi connectivity index (χ0v) is 15.0. The van der Waals surface area contributed by atoms with Crippen LogP contribution in [0.2, 0.25) is 5.02 Å². The van der Waals surface area contributed by atoms with Gasteiger partial charge in [0.15, 0.2) is 0 Å². The number of aryl methyl sites for hydroxylation is 1. The van der Waals surface area contributed by atoms with Crippen molar-refractivity contribution in [2.75, 3.05) is 7.11 Å². The predicted octanol–water partition coefficient (Wildman–Crippen LogP) is 6.92. The van der Waals surface area contributed by atoms with Crippen LogP contribution in [-0.2, 0) is 6.42 Å². The fourth-order valence-corrected chi connectivity index (χ4v) is 3.08. The Labute approximate surface area is 145 Å². The summed E-state index contributed by atoms with van der Waals surface area (Å²) < 4.78 is 5.20. The number of unbranched alkanes of at least 4 members (excludes halogenated alkanes) is 5. The average molecular weight is 331 g/mol. The van der Waals surface area contributed by atoms with Crippen molar-refractivity contribution >= 4 is 11.6 Å². The Kier molecular flexibility index (Phi) is 7.48. The summed E-state index contributed by atoms with van der Waals surface area (Å²) in [6.07, 6.45) is 9.25. The number of ether oxygens (including phenoxy) is 1. The Morgan fingerprint density at radius 1 is 0.826 bits per heavy atom. The topological polar surface area (TPSA) is 9.23 Å². The van der Waals surface area contributed by atoms with E-state index in [9.17, 15) is 0 Å². The maximum atomic E-state index is 6.21. The lowest BCUT2D eigenvalue weighted by atomic mass is 10.0. The molecule has 2 heteroatoms. The van der Waals surface area contributed by atoms with Crippen LogP contribution >= 0.6 is 11.6 Å². The SMILES string of the molecule is CCCCCCCCc1ccc(-c2ccc(OC)c(Cl)c2)cc1. The minimum absolute atomic E-state index is 0.654. The summed E-state index contributed by atoms with van der Waals surface area (Å²) in [6.45, 7) is 2.26. The Balaban J connectivity index is 1.88. The molecule has 0 aromatic heterocycles. The summed E-state index contributed by atoms with van der Waals surface area (Å²) in [5.41, 5.74) is 3.74. The van der Waals surface area contributed by atoms with Crippen molar-refractivity contribution in [3.05, 3.63) is 53.1 Å². The number of hydrogen-bond donors (Lipinski definition) is 0. The van der Waals surface area contributed by atoms with Gasteiger partial charge in [0.1, 0.15) is 5.75 Å². The first-order valence-electron chi connectivity index (χ1n) is 8.67. The third-order valence-corrected chi connectivity index (χ3v) is 4.55. The second-order valence-electron chi connectivity index (χ2n) is 6.06. The number of halogens is 1. The van der Waals surface area contributed by atoms with E-state index in [0.717, 1.165) is 11.3 Å². The molecule has 0 fully saturated rings. The van der Waals surface area contributed by atoms with E-state index in [-0.39, 0.29) is 0 Å². The quantitative estimate of drug-likeness (QED) is 0.453. The molecule has 2 rings (SSSR count). The van der Waals surface area contributed by atoms with Gasteiger partial charge in [0, 0.05) is 0 Å². The predicted molar refractivity (Wildman–Crippen MR) is 101 cm³/mol. The highest BCUT2D eigenvalue weighted by Gasteiger charge is 2.04. The third-order valence-electron chi connectivity index (χ3n) is 4.26. The molecule has 0 bridgehead atoms. The number of benzene rings is 2. The zero-order valence-electron chi connectivity index (χ0n) is 14.3. The van der Waals surface area contributed by atoms with Crippen LogP contribution in [0.5, 0.6) is 5.75 Å². The smallest absolute Gasteiger partial charge is 0.137 e. The van der Waals surface area contributed by atoms with E-state index in [1.807, 2.05) is 18.2 Å². The standard InChI is InChI=1S/C21H27ClO/c1-3-4-5-6-7-8-9-17-10-12-18(13-11-17)19-14-15-21(23-2)20(22)16-19/h10-16H,3-9H2,1-2H3. The number of methoxy groups -OCH3 is 1. The van der Waals surface area contributed by atoms with Gasteiger partial charge in [-0.1, -0.05) is 81.0 Å². The highest BCUT2D eigenvalue weighted by atomic mass is 35.5. The Morgan fingerprint density at radius 2 is 1.48 bits per heavy atom. The fourth-order valence-electron chi connectivity index (χ4n) is 2.82. The third kappa shape index (κ3) is 5.58. The largest absolute Gasteiger partial charge is 0.495 e. The Morgan fingerprint density at radius 3 is 2.13 bits per heavy atom. The van der Waals surface area contributed by atoms with Crippen molar-refractivity contribution in [3.8, 4) is 16.9 Å². The van der Waals surface area contributed by atoms with Crippen LogP contribution in [0.15, 0.2) is 42.5 Å². The average Bonchev–Trinajstić information content (AvgIpc) is 2.58.